The van der Waals surface area contributed by atoms with Crippen molar-refractivity contribution in [2.24, 2.45) is 0 Å². The molecule has 0 saturated heterocycles. The van der Waals surface area contributed by atoms with Gasteiger partial charge < -0.3 is 9.84 Å². The van der Waals surface area contributed by atoms with Crippen LogP contribution < -0.4 is 10.3 Å². The molecule has 22 heavy (non-hydrogen) atoms. The molecule has 0 spiro atoms. The van der Waals surface area contributed by atoms with Crippen LogP contribution in [0.15, 0.2) is 23.1 Å². The molecule has 0 atom stereocenters. The zero-order valence-corrected chi connectivity index (χ0v) is 11.8. The summed E-state index contributed by atoms with van der Waals surface area (Å²) in [6.07, 6.45) is 2.83. The van der Waals surface area contributed by atoms with Crippen molar-refractivity contribution >= 4 is 23.1 Å². The zero-order chi connectivity index (χ0) is 16.0. The lowest BCUT2D eigenvalue weighted by molar-refractivity contribution is -0.0490. The van der Waals surface area contributed by atoms with Crippen molar-refractivity contribution in [1.29, 1.82) is 0 Å². The maximum atomic E-state index is 12.6. The van der Waals surface area contributed by atoms with E-state index < -0.39 is 23.7 Å². The van der Waals surface area contributed by atoms with E-state index in [4.69, 9.17) is 16.7 Å². The summed E-state index contributed by atoms with van der Waals surface area (Å²) in [4.78, 5) is 23.4. The van der Waals surface area contributed by atoms with Crippen LogP contribution in [0, 0.1) is 0 Å². The van der Waals surface area contributed by atoms with Gasteiger partial charge >= 0.3 is 12.6 Å². The average molecular weight is 330 g/mol. The first kappa shape index (κ1) is 14.8. The topological polar surface area (TPSA) is 68.0 Å². The lowest BCUT2D eigenvalue weighted by Crippen LogP contribution is -2.23. The largest absolute Gasteiger partial charge is 0.477 e. The van der Waals surface area contributed by atoms with E-state index in [1.54, 1.807) is 0 Å². The highest BCUT2D eigenvalue weighted by Crippen LogP contribution is 2.45. The fraction of sp³-hybridized carbons (Fsp3) is 0.286. The zero-order valence-electron chi connectivity index (χ0n) is 11.1. The smallest absolute Gasteiger partial charge is 0.387 e. The van der Waals surface area contributed by atoms with Gasteiger partial charge in [-0.15, -0.1) is 0 Å². The van der Waals surface area contributed by atoms with Crippen molar-refractivity contribution in [2.75, 3.05) is 0 Å². The minimum Gasteiger partial charge on any atom is -0.477 e. The van der Waals surface area contributed by atoms with Crippen molar-refractivity contribution in [3.8, 4) is 5.75 Å². The Morgan fingerprint density at radius 1 is 1.45 bits per heavy atom. The highest BCUT2D eigenvalue weighted by molar-refractivity contribution is 6.32. The molecule has 2 aromatic heterocycles. The maximum absolute atomic E-state index is 12.6. The van der Waals surface area contributed by atoms with Crippen LogP contribution in [-0.4, -0.2) is 22.1 Å². The van der Waals surface area contributed by atoms with E-state index in [2.05, 4.69) is 4.74 Å². The highest BCUT2D eigenvalue weighted by Gasteiger charge is 2.30. The van der Waals surface area contributed by atoms with E-state index in [1.807, 2.05) is 0 Å². The number of halogens is 3. The number of alkyl halides is 2. The van der Waals surface area contributed by atoms with Gasteiger partial charge in [-0.2, -0.15) is 8.78 Å². The van der Waals surface area contributed by atoms with E-state index in [1.165, 1.54) is 18.3 Å². The monoisotopic (exact) mass is 329 g/mol. The predicted octanol–water partition coefficient (Wildman–Crippen LogP) is 3.13. The van der Waals surface area contributed by atoms with Crippen LogP contribution in [-0.2, 0) is 0 Å². The molecular weight excluding hydrogens is 320 g/mol. The Balaban J connectivity index is 2.41. The SMILES string of the molecule is O=C(O)c1cc(C2CC2)c2c(OC(F)F)c(Cl)ccn2c1=O. The quantitative estimate of drug-likeness (QED) is 0.935. The minimum absolute atomic E-state index is 0.00666. The normalized spacial score (nSPS) is 14.5. The first-order valence-corrected chi connectivity index (χ1v) is 6.84. The first-order chi connectivity index (χ1) is 10.4. The molecule has 1 saturated carbocycles. The molecule has 2 heterocycles. The van der Waals surface area contributed by atoms with E-state index in [-0.39, 0.29) is 22.2 Å². The third kappa shape index (κ3) is 2.41. The van der Waals surface area contributed by atoms with Crippen LogP contribution >= 0.6 is 11.6 Å². The van der Waals surface area contributed by atoms with Crippen LogP contribution in [0.1, 0.15) is 34.7 Å². The maximum Gasteiger partial charge on any atom is 0.387 e. The number of hydrogen-bond donors (Lipinski definition) is 1. The molecule has 0 unspecified atom stereocenters. The molecule has 0 radical (unpaired) electrons. The predicted molar refractivity (Wildman–Crippen MR) is 74.2 cm³/mol. The number of hydrogen-bond acceptors (Lipinski definition) is 3. The lowest BCUT2D eigenvalue weighted by atomic mass is 10.1. The number of carboxylic acid groups (broad SMARTS) is 1. The van der Waals surface area contributed by atoms with Crippen molar-refractivity contribution in [2.45, 2.75) is 25.4 Å². The molecule has 1 N–H and O–H groups in total. The van der Waals surface area contributed by atoms with Gasteiger partial charge in [-0.05, 0) is 36.5 Å². The van der Waals surface area contributed by atoms with Crippen LogP contribution in [0.25, 0.3) is 5.52 Å². The number of rotatable bonds is 4. The van der Waals surface area contributed by atoms with E-state index >= 15 is 0 Å². The van der Waals surface area contributed by atoms with Gasteiger partial charge in [0, 0.05) is 6.20 Å². The third-order valence-electron chi connectivity index (χ3n) is 3.52. The molecule has 3 rings (SSSR count). The molecule has 5 nitrogen and oxygen atoms in total. The van der Waals surface area contributed by atoms with Gasteiger partial charge in [0.25, 0.3) is 5.56 Å². The Bertz CT molecular complexity index is 830. The fourth-order valence-corrected chi connectivity index (χ4v) is 2.62. The highest BCUT2D eigenvalue weighted by atomic mass is 35.5. The summed E-state index contributed by atoms with van der Waals surface area (Å²) in [5.74, 6) is -1.67. The number of pyridine rings is 2. The summed E-state index contributed by atoms with van der Waals surface area (Å²) >= 11 is 5.91. The molecule has 0 aliphatic heterocycles. The molecule has 116 valence electrons. The Labute approximate surface area is 127 Å². The van der Waals surface area contributed by atoms with Gasteiger partial charge in [0.05, 0.1) is 10.5 Å². The number of ether oxygens (including phenoxy) is 1. The van der Waals surface area contributed by atoms with Crippen molar-refractivity contribution in [3.63, 3.8) is 0 Å². The van der Waals surface area contributed by atoms with Gasteiger partial charge in [0.1, 0.15) is 5.56 Å². The number of nitrogens with zero attached hydrogens (tertiary/aromatic N) is 1. The van der Waals surface area contributed by atoms with Gasteiger partial charge in [-0.1, -0.05) is 11.6 Å². The van der Waals surface area contributed by atoms with Gasteiger partial charge in [0.2, 0.25) is 0 Å². The summed E-state index contributed by atoms with van der Waals surface area (Å²) in [5, 5.41) is 9.07. The molecule has 1 fully saturated rings. The molecule has 1 aliphatic rings. The van der Waals surface area contributed by atoms with E-state index in [0.717, 1.165) is 17.2 Å². The average Bonchev–Trinajstić information content (AvgIpc) is 3.26. The summed E-state index contributed by atoms with van der Waals surface area (Å²) in [6, 6.07) is 2.45. The van der Waals surface area contributed by atoms with E-state index in [9.17, 15) is 18.4 Å². The second-order valence-corrected chi connectivity index (χ2v) is 5.40. The summed E-state index contributed by atoms with van der Waals surface area (Å²) < 4.78 is 30.7. The van der Waals surface area contributed by atoms with Gasteiger partial charge in [0.15, 0.2) is 5.75 Å². The Hall–Kier alpha value is -2.15. The summed E-state index contributed by atoms with van der Waals surface area (Å²) in [6.45, 7) is -3.11. The number of carbonyl (C=O) groups is 1. The number of aromatic carboxylic acids is 1. The molecule has 8 heteroatoms. The van der Waals surface area contributed by atoms with Crippen molar-refractivity contribution in [3.05, 3.63) is 44.8 Å². The Morgan fingerprint density at radius 2 is 2.14 bits per heavy atom. The summed E-state index contributed by atoms with van der Waals surface area (Å²) in [5.41, 5.74) is -0.646. The van der Waals surface area contributed by atoms with Gasteiger partial charge in [-0.3, -0.25) is 9.20 Å². The van der Waals surface area contributed by atoms with Crippen molar-refractivity contribution in [1.82, 2.24) is 4.40 Å². The van der Waals surface area contributed by atoms with Gasteiger partial charge in [-0.25, -0.2) is 4.79 Å². The number of aromatic nitrogens is 1. The lowest BCUT2D eigenvalue weighted by Gasteiger charge is -2.15. The molecule has 0 aromatic carbocycles. The molecule has 2 aromatic rings. The number of carboxylic acids is 1. The Kier molecular flexibility index (Phi) is 3.52. The summed E-state index contributed by atoms with van der Waals surface area (Å²) in [7, 11) is 0. The molecule has 0 bridgehead atoms. The van der Waals surface area contributed by atoms with Crippen molar-refractivity contribution < 1.29 is 23.4 Å². The molecular formula is C14H10ClF2NO4. The molecule has 1 aliphatic carbocycles. The van der Waals surface area contributed by atoms with Crippen LogP contribution in [0.5, 0.6) is 5.75 Å². The number of fused-ring (bicyclic) bond motifs is 1. The van der Waals surface area contributed by atoms with Crippen LogP contribution in [0.2, 0.25) is 5.02 Å². The van der Waals surface area contributed by atoms with Crippen LogP contribution in [0.3, 0.4) is 0 Å². The second kappa shape index (κ2) is 5.24. The fourth-order valence-electron chi connectivity index (χ4n) is 2.43. The third-order valence-corrected chi connectivity index (χ3v) is 3.82. The second-order valence-electron chi connectivity index (χ2n) is 4.99. The van der Waals surface area contributed by atoms with Crippen LogP contribution in [0.4, 0.5) is 8.78 Å². The molecule has 0 amide bonds. The Morgan fingerprint density at radius 3 is 2.68 bits per heavy atom. The first-order valence-electron chi connectivity index (χ1n) is 6.46. The minimum atomic E-state index is -3.11. The van der Waals surface area contributed by atoms with E-state index in [0.29, 0.717) is 5.56 Å². The standard InChI is InChI=1S/C14H10ClF2NO4/c15-9-3-4-18-10(11(9)22-14(16)17)7(6-1-2-6)5-8(12(18)19)13(20)21/h3-6,14H,1-2H2,(H,20,21).